The van der Waals surface area contributed by atoms with E-state index in [1.165, 1.54) is 6.07 Å². The molecule has 16 heavy (non-hydrogen) atoms. The zero-order chi connectivity index (χ0) is 11.5. The highest BCUT2D eigenvalue weighted by Crippen LogP contribution is 2.09. The number of anilines is 1. The molecule has 0 saturated carbocycles. The molecule has 2 rings (SSSR count). The predicted octanol–water partition coefficient (Wildman–Crippen LogP) is 1.87. The number of nitrogens with one attached hydrogen (secondary N) is 1. The molecule has 0 saturated heterocycles. The Kier molecular flexibility index (Phi) is 2.85. The molecule has 5 heteroatoms. The van der Waals surface area contributed by atoms with Crippen LogP contribution in [0.1, 0.15) is 11.3 Å². The van der Waals surface area contributed by atoms with Gasteiger partial charge in [-0.25, -0.2) is 4.98 Å². The van der Waals surface area contributed by atoms with Gasteiger partial charge in [-0.15, -0.1) is 0 Å². The molecule has 0 unspecified atom stereocenters. The topological polar surface area (TPSA) is 42.7 Å². The second-order valence-electron chi connectivity index (χ2n) is 3.61. The van der Waals surface area contributed by atoms with Crippen LogP contribution in [-0.4, -0.2) is 14.8 Å². The van der Waals surface area contributed by atoms with Crippen molar-refractivity contribution in [3.05, 3.63) is 41.6 Å². The van der Waals surface area contributed by atoms with Crippen LogP contribution in [0.4, 0.5) is 10.2 Å². The van der Waals surface area contributed by atoms with Gasteiger partial charge in [-0.2, -0.15) is 9.49 Å². The van der Waals surface area contributed by atoms with Crippen molar-refractivity contribution in [3.63, 3.8) is 0 Å². The van der Waals surface area contributed by atoms with Gasteiger partial charge in [-0.3, -0.25) is 4.68 Å². The molecule has 0 radical (unpaired) electrons. The van der Waals surface area contributed by atoms with Crippen molar-refractivity contribution in [1.29, 1.82) is 0 Å². The number of halogens is 1. The van der Waals surface area contributed by atoms with Crippen molar-refractivity contribution in [1.82, 2.24) is 14.8 Å². The summed E-state index contributed by atoms with van der Waals surface area (Å²) >= 11 is 0. The number of rotatable bonds is 3. The summed E-state index contributed by atoms with van der Waals surface area (Å²) < 4.78 is 14.6. The highest BCUT2D eigenvalue weighted by Gasteiger charge is 2.03. The minimum absolute atomic E-state index is 0.479. The van der Waals surface area contributed by atoms with Crippen molar-refractivity contribution in [2.75, 3.05) is 5.32 Å². The molecule has 1 N–H and O–H groups in total. The molecule has 0 aliphatic heterocycles. The Morgan fingerprint density at radius 2 is 2.25 bits per heavy atom. The molecule has 2 aromatic heterocycles. The van der Waals surface area contributed by atoms with Gasteiger partial charge < -0.3 is 5.32 Å². The molecule has 0 aliphatic rings. The van der Waals surface area contributed by atoms with E-state index in [-0.39, 0.29) is 0 Å². The second-order valence-corrected chi connectivity index (χ2v) is 3.61. The standard InChI is InChI=1S/C11H13FN4/c1-8-9(7-16(2)15-8)6-13-11-5-3-4-10(12)14-11/h3-5,7H,6H2,1-2H3,(H,13,14). The van der Waals surface area contributed by atoms with Crippen LogP contribution in [0.25, 0.3) is 0 Å². The molecule has 0 atom stereocenters. The minimum Gasteiger partial charge on any atom is -0.366 e. The smallest absolute Gasteiger partial charge is 0.214 e. The van der Waals surface area contributed by atoms with E-state index >= 15 is 0 Å². The Hall–Kier alpha value is -1.91. The Morgan fingerprint density at radius 3 is 2.88 bits per heavy atom. The molecular weight excluding hydrogens is 207 g/mol. The first-order chi connectivity index (χ1) is 7.65. The third kappa shape index (κ3) is 2.36. The van der Waals surface area contributed by atoms with Crippen LogP contribution >= 0.6 is 0 Å². The normalized spacial score (nSPS) is 10.4. The molecule has 0 spiro atoms. The molecule has 0 amide bonds. The number of hydrogen-bond acceptors (Lipinski definition) is 3. The summed E-state index contributed by atoms with van der Waals surface area (Å²) in [4.78, 5) is 3.72. The largest absolute Gasteiger partial charge is 0.366 e. The fourth-order valence-electron chi connectivity index (χ4n) is 1.51. The molecular formula is C11H13FN4. The SMILES string of the molecule is Cc1nn(C)cc1CNc1cccc(F)n1. The van der Waals surface area contributed by atoms with Gasteiger partial charge in [-0.1, -0.05) is 6.07 Å². The summed E-state index contributed by atoms with van der Waals surface area (Å²) in [7, 11) is 1.87. The van der Waals surface area contributed by atoms with Crippen LogP contribution < -0.4 is 5.32 Å². The third-order valence-corrected chi connectivity index (χ3v) is 2.29. The van der Waals surface area contributed by atoms with Gasteiger partial charge >= 0.3 is 0 Å². The van der Waals surface area contributed by atoms with E-state index in [4.69, 9.17) is 0 Å². The molecule has 0 fully saturated rings. The number of aromatic nitrogens is 3. The van der Waals surface area contributed by atoms with Crippen molar-refractivity contribution in [3.8, 4) is 0 Å². The second kappa shape index (κ2) is 4.30. The number of hydrogen-bond donors (Lipinski definition) is 1. The van der Waals surface area contributed by atoms with Gasteiger partial charge in [-0.05, 0) is 19.1 Å². The van der Waals surface area contributed by atoms with Crippen LogP contribution in [0.15, 0.2) is 24.4 Å². The van der Waals surface area contributed by atoms with Gasteiger partial charge in [0.1, 0.15) is 5.82 Å². The summed E-state index contributed by atoms with van der Waals surface area (Å²) in [5.74, 6) is 0.0520. The number of pyridine rings is 1. The first kappa shape index (κ1) is 10.6. The zero-order valence-electron chi connectivity index (χ0n) is 9.24. The van der Waals surface area contributed by atoms with Crippen LogP contribution in [0.2, 0.25) is 0 Å². The maximum Gasteiger partial charge on any atom is 0.214 e. The molecule has 0 bridgehead atoms. The molecule has 0 aliphatic carbocycles. The van der Waals surface area contributed by atoms with Crippen molar-refractivity contribution in [2.24, 2.45) is 7.05 Å². The van der Waals surface area contributed by atoms with Crippen molar-refractivity contribution in [2.45, 2.75) is 13.5 Å². The average Bonchev–Trinajstić information content (AvgIpc) is 2.54. The predicted molar refractivity (Wildman–Crippen MR) is 59.5 cm³/mol. The van der Waals surface area contributed by atoms with E-state index in [2.05, 4.69) is 15.4 Å². The van der Waals surface area contributed by atoms with Gasteiger partial charge in [0.2, 0.25) is 5.95 Å². The third-order valence-electron chi connectivity index (χ3n) is 2.29. The lowest BCUT2D eigenvalue weighted by Crippen LogP contribution is -2.02. The van der Waals surface area contributed by atoms with Crippen molar-refractivity contribution < 1.29 is 4.39 Å². The van der Waals surface area contributed by atoms with Crippen molar-refractivity contribution >= 4 is 5.82 Å². The van der Waals surface area contributed by atoms with Crippen LogP contribution in [0.3, 0.4) is 0 Å². The molecule has 2 aromatic rings. The van der Waals surface area contributed by atoms with Gasteiger partial charge in [0.25, 0.3) is 0 Å². The lowest BCUT2D eigenvalue weighted by molar-refractivity contribution is 0.585. The highest BCUT2D eigenvalue weighted by molar-refractivity contribution is 5.35. The Morgan fingerprint density at radius 1 is 1.44 bits per heavy atom. The van der Waals surface area contributed by atoms with Crippen LogP contribution in [0, 0.1) is 12.9 Å². The zero-order valence-corrected chi connectivity index (χ0v) is 9.24. The van der Waals surface area contributed by atoms with Crippen LogP contribution in [0.5, 0.6) is 0 Å². The summed E-state index contributed by atoms with van der Waals surface area (Å²) in [6.07, 6.45) is 1.93. The van der Waals surface area contributed by atoms with E-state index in [9.17, 15) is 4.39 Å². The summed E-state index contributed by atoms with van der Waals surface area (Å²) in [6.45, 7) is 2.53. The van der Waals surface area contributed by atoms with Crippen LogP contribution in [-0.2, 0) is 13.6 Å². The molecule has 4 nitrogen and oxygen atoms in total. The van der Waals surface area contributed by atoms with Gasteiger partial charge in [0.15, 0.2) is 0 Å². The van der Waals surface area contributed by atoms with E-state index in [0.29, 0.717) is 12.4 Å². The minimum atomic E-state index is -0.479. The molecule has 2 heterocycles. The van der Waals surface area contributed by atoms with E-state index in [1.807, 2.05) is 20.2 Å². The Balaban J connectivity index is 2.05. The fourth-order valence-corrected chi connectivity index (χ4v) is 1.51. The quantitative estimate of drug-likeness (QED) is 0.803. The number of aryl methyl sites for hydroxylation is 2. The lowest BCUT2D eigenvalue weighted by Gasteiger charge is -2.03. The van der Waals surface area contributed by atoms with Gasteiger partial charge in [0.05, 0.1) is 5.69 Å². The average molecular weight is 220 g/mol. The van der Waals surface area contributed by atoms with E-state index in [1.54, 1.807) is 16.8 Å². The molecule has 84 valence electrons. The molecule has 0 aromatic carbocycles. The monoisotopic (exact) mass is 220 g/mol. The maximum atomic E-state index is 12.8. The lowest BCUT2D eigenvalue weighted by atomic mass is 10.2. The Labute approximate surface area is 93.1 Å². The number of nitrogens with zero attached hydrogens (tertiary/aromatic N) is 3. The van der Waals surface area contributed by atoms with E-state index in [0.717, 1.165) is 11.3 Å². The summed E-state index contributed by atoms with van der Waals surface area (Å²) in [5.41, 5.74) is 2.04. The summed E-state index contributed by atoms with van der Waals surface area (Å²) in [5, 5.41) is 7.27. The summed E-state index contributed by atoms with van der Waals surface area (Å²) in [6, 6.07) is 4.68. The highest BCUT2D eigenvalue weighted by atomic mass is 19.1. The fraction of sp³-hybridized carbons (Fsp3) is 0.273. The van der Waals surface area contributed by atoms with Gasteiger partial charge in [0, 0.05) is 25.4 Å². The Bertz CT molecular complexity index is 492. The first-order valence-corrected chi connectivity index (χ1v) is 5.01. The first-order valence-electron chi connectivity index (χ1n) is 5.01. The van der Waals surface area contributed by atoms with E-state index < -0.39 is 5.95 Å². The maximum absolute atomic E-state index is 12.8.